The monoisotopic (exact) mass is 330 g/mol. The molecular formula is C16H19ClN6. The lowest BCUT2D eigenvalue weighted by atomic mass is 10.1. The van der Waals surface area contributed by atoms with E-state index < -0.39 is 0 Å². The van der Waals surface area contributed by atoms with Crippen LogP contribution < -0.4 is 5.32 Å². The summed E-state index contributed by atoms with van der Waals surface area (Å²) in [5.74, 6) is 1.09. The number of aryl methyl sites for hydroxylation is 1. The number of halogens is 1. The predicted octanol–water partition coefficient (Wildman–Crippen LogP) is 1.87. The van der Waals surface area contributed by atoms with Gasteiger partial charge in [0, 0.05) is 58.0 Å². The van der Waals surface area contributed by atoms with Gasteiger partial charge in [-0.3, -0.25) is 4.90 Å². The van der Waals surface area contributed by atoms with Gasteiger partial charge in [0.25, 0.3) is 0 Å². The lowest BCUT2D eigenvalue weighted by Gasteiger charge is -2.35. The van der Waals surface area contributed by atoms with Crippen molar-refractivity contribution in [2.75, 3.05) is 19.6 Å². The summed E-state index contributed by atoms with van der Waals surface area (Å²) in [6, 6.07) is 4.08. The zero-order valence-corrected chi connectivity index (χ0v) is 13.7. The van der Waals surface area contributed by atoms with Crippen LogP contribution in [0.5, 0.6) is 0 Å². The van der Waals surface area contributed by atoms with Crippen LogP contribution in [0.3, 0.4) is 0 Å². The van der Waals surface area contributed by atoms with Crippen LogP contribution in [0.15, 0.2) is 36.9 Å². The molecule has 3 aromatic rings. The average molecular weight is 331 g/mol. The maximum Gasteiger partial charge on any atom is 0.137 e. The Bertz CT molecular complexity index is 823. The second-order valence-electron chi connectivity index (χ2n) is 5.93. The molecule has 7 heteroatoms. The van der Waals surface area contributed by atoms with Crippen LogP contribution >= 0.6 is 11.6 Å². The molecule has 1 aliphatic rings. The zero-order chi connectivity index (χ0) is 15.8. The maximum absolute atomic E-state index is 6.05. The molecule has 0 aromatic carbocycles. The molecule has 0 spiro atoms. The molecule has 1 saturated heterocycles. The van der Waals surface area contributed by atoms with Crippen LogP contribution in [0.4, 0.5) is 0 Å². The van der Waals surface area contributed by atoms with E-state index >= 15 is 0 Å². The van der Waals surface area contributed by atoms with Crippen molar-refractivity contribution in [3.8, 4) is 0 Å². The first kappa shape index (κ1) is 14.7. The van der Waals surface area contributed by atoms with E-state index in [0.717, 1.165) is 48.4 Å². The van der Waals surface area contributed by atoms with Crippen LogP contribution in [0, 0.1) is 0 Å². The van der Waals surface area contributed by atoms with Gasteiger partial charge in [-0.15, -0.1) is 0 Å². The standard InChI is InChI=1S/C16H19ClN6/c1-21-6-5-19-16(21)14-8-18-4-7-22(14)10-13-11-23-9-12(17)2-3-15(23)20-13/h2-3,5-6,9,11,14,18H,4,7-8,10H2,1H3. The minimum Gasteiger partial charge on any atom is -0.337 e. The molecule has 3 aromatic heterocycles. The van der Waals surface area contributed by atoms with Crippen LogP contribution in [-0.2, 0) is 13.6 Å². The Balaban J connectivity index is 1.60. The van der Waals surface area contributed by atoms with E-state index in [2.05, 4.69) is 26.0 Å². The van der Waals surface area contributed by atoms with Crippen molar-refractivity contribution in [3.05, 3.63) is 53.5 Å². The largest absolute Gasteiger partial charge is 0.337 e. The molecule has 4 rings (SSSR count). The minimum absolute atomic E-state index is 0.261. The molecule has 1 fully saturated rings. The van der Waals surface area contributed by atoms with Gasteiger partial charge in [-0.1, -0.05) is 11.6 Å². The van der Waals surface area contributed by atoms with Crippen molar-refractivity contribution < 1.29 is 0 Å². The molecular weight excluding hydrogens is 312 g/mol. The van der Waals surface area contributed by atoms with Crippen molar-refractivity contribution >= 4 is 17.2 Å². The minimum atomic E-state index is 0.261. The summed E-state index contributed by atoms with van der Waals surface area (Å²) in [6.45, 7) is 3.68. The van der Waals surface area contributed by atoms with E-state index in [9.17, 15) is 0 Å². The van der Waals surface area contributed by atoms with Gasteiger partial charge < -0.3 is 14.3 Å². The molecule has 1 aliphatic heterocycles. The van der Waals surface area contributed by atoms with Gasteiger partial charge >= 0.3 is 0 Å². The summed E-state index contributed by atoms with van der Waals surface area (Å²) in [5.41, 5.74) is 1.97. The van der Waals surface area contributed by atoms with Crippen molar-refractivity contribution in [2.24, 2.45) is 7.05 Å². The number of imidazole rings is 2. The fourth-order valence-corrected chi connectivity index (χ4v) is 3.36. The Labute approximate surface area is 139 Å². The molecule has 0 aliphatic carbocycles. The fraction of sp³-hybridized carbons (Fsp3) is 0.375. The van der Waals surface area contributed by atoms with E-state index in [4.69, 9.17) is 16.6 Å². The van der Waals surface area contributed by atoms with Crippen molar-refractivity contribution in [3.63, 3.8) is 0 Å². The SMILES string of the molecule is Cn1ccnc1C1CNCCN1Cc1cn2cc(Cl)ccc2n1. The molecule has 1 atom stereocenters. The molecule has 23 heavy (non-hydrogen) atoms. The lowest BCUT2D eigenvalue weighted by molar-refractivity contribution is 0.143. The van der Waals surface area contributed by atoms with Gasteiger partial charge in [-0.25, -0.2) is 9.97 Å². The summed E-state index contributed by atoms with van der Waals surface area (Å²) in [4.78, 5) is 11.7. The number of hydrogen-bond acceptors (Lipinski definition) is 4. The third-order valence-corrected chi connectivity index (χ3v) is 4.56. The number of hydrogen-bond donors (Lipinski definition) is 1. The molecule has 0 bridgehead atoms. The Hall–Kier alpha value is -1.89. The molecule has 1 N–H and O–H groups in total. The van der Waals surface area contributed by atoms with Gasteiger partial charge in [-0.05, 0) is 12.1 Å². The topological polar surface area (TPSA) is 50.4 Å². The molecule has 1 unspecified atom stereocenters. The smallest absolute Gasteiger partial charge is 0.137 e. The Kier molecular flexibility index (Phi) is 3.80. The number of nitrogens with zero attached hydrogens (tertiary/aromatic N) is 5. The Morgan fingerprint density at radius 2 is 2.26 bits per heavy atom. The summed E-state index contributed by atoms with van der Waals surface area (Å²) in [7, 11) is 2.04. The second-order valence-corrected chi connectivity index (χ2v) is 6.37. The first-order valence-electron chi connectivity index (χ1n) is 7.76. The molecule has 0 radical (unpaired) electrons. The van der Waals surface area contributed by atoms with Gasteiger partial charge in [-0.2, -0.15) is 0 Å². The molecule has 6 nitrogen and oxygen atoms in total. The summed E-state index contributed by atoms with van der Waals surface area (Å²) in [6.07, 6.45) is 7.80. The first-order valence-corrected chi connectivity index (χ1v) is 8.13. The first-order chi connectivity index (χ1) is 11.2. The number of fused-ring (bicyclic) bond motifs is 1. The number of rotatable bonds is 3. The van der Waals surface area contributed by atoms with Gasteiger partial charge in [0.1, 0.15) is 11.5 Å². The van der Waals surface area contributed by atoms with Crippen LogP contribution in [-0.4, -0.2) is 43.5 Å². The van der Waals surface area contributed by atoms with Gasteiger partial charge in [0.05, 0.1) is 16.8 Å². The van der Waals surface area contributed by atoms with Crippen LogP contribution in [0.1, 0.15) is 17.6 Å². The van der Waals surface area contributed by atoms with Crippen molar-refractivity contribution in [1.29, 1.82) is 0 Å². The lowest BCUT2D eigenvalue weighted by Crippen LogP contribution is -2.46. The molecule has 120 valence electrons. The van der Waals surface area contributed by atoms with E-state index in [-0.39, 0.29) is 6.04 Å². The maximum atomic E-state index is 6.05. The fourth-order valence-electron chi connectivity index (χ4n) is 3.19. The van der Waals surface area contributed by atoms with Crippen molar-refractivity contribution in [1.82, 2.24) is 29.2 Å². The van der Waals surface area contributed by atoms with Gasteiger partial charge in [0.2, 0.25) is 0 Å². The highest BCUT2D eigenvalue weighted by molar-refractivity contribution is 6.30. The number of nitrogens with one attached hydrogen (secondary N) is 1. The highest BCUT2D eigenvalue weighted by atomic mass is 35.5. The second kappa shape index (κ2) is 5.96. The van der Waals surface area contributed by atoms with Crippen LogP contribution in [0.25, 0.3) is 5.65 Å². The normalized spacial score (nSPS) is 19.5. The highest BCUT2D eigenvalue weighted by Crippen LogP contribution is 2.23. The number of aromatic nitrogens is 4. The zero-order valence-electron chi connectivity index (χ0n) is 13.0. The van der Waals surface area contributed by atoms with Gasteiger partial charge in [0.15, 0.2) is 0 Å². The molecule has 4 heterocycles. The Morgan fingerprint density at radius 1 is 1.35 bits per heavy atom. The Morgan fingerprint density at radius 3 is 3.09 bits per heavy atom. The van der Waals surface area contributed by atoms with E-state index in [1.165, 1.54) is 0 Å². The summed E-state index contributed by atoms with van der Waals surface area (Å²) in [5, 5.41) is 4.18. The van der Waals surface area contributed by atoms with E-state index in [1.54, 1.807) is 0 Å². The third-order valence-electron chi connectivity index (χ3n) is 4.34. The predicted molar refractivity (Wildman–Crippen MR) is 89.4 cm³/mol. The third kappa shape index (κ3) is 2.85. The van der Waals surface area contributed by atoms with Crippen molar-refractivity contribution in [2.45, 2.75) is 12.6 Å². The quantitative estimate of drug-likeness (QED) is 0.796. The molecule has 0 amide bonds. The average Bonchev–Trinajstić information content (AvgIpc) is 3.13. The van der Waals surface area contributed by atoms with E-state index in [0.29, 0.717) is 0 Å². The number of pyridine rings is 1. The number of piperazine rings is 1. The summed E-state index contributed by atoms with van der Waals surface area (Å²) < 4.78 is 4.07. The molecule has 0 saturated carbocycles. The van der Waals surface area contributed by atoms with E-state index in [1.807, 2.05) is 42.2 Å². The van der Waals surface area contributed by atoms with Crippen LogP contribution in [0.2, 0.25) is 5.02 Å². The summed E-state index contributed by atoms with van der Waals surface area (Å²) >= 11 is 6.05. The highest BCUT2D eigenvalue weighted by Gasteiger charge is 2.27.